The van der Waals surface area contributed by atoms with Crippen molar-refractivity contribution < 1.29 is 9.53 Å². The van der Waals surface area contributed by atoms with Crippen LogP contribution in [0.4, 0.5) is 4.79 Å². The molecule has 1 aromatic heterocycles. The summed E-state index contributed by atoms with van der Waals surface area (Å²) in [6.07, 6.45) is 6.57. The van der Waals surface area contributed by atoms with E-state index in [1.54, 1.807) is 11.3 Å². The van der Waals surface area contributed by atoms with Crippen molar-refractivity contribution in [3.63, 3.8) is 0 Å². The third-order valence-electron chi connectivity index (χ3n) is 3.76. The van der Waals surface area contributed by atoms with Gasteiger partial charge in [-0.05, 0) is 52.0 Å². The summed E-state index contributed by atoms with van der Waals surface area (Å²) < 4.78 is 5.41. The highest BCUT2D eigenvalue weighted by Gasteiger charge is 2.19. The quantitative estimate of drug-likeness (QED) is 0.675. The fourth-order valence-electron chi connectivity index (χ4n) is 2.65. The first-order chi connectivity index (χ1) is 11.9. The fourth-order valence-corrected chi connectivity index (χ4v) is 3.29. The number of benzene rings is 1. The molecule has 0 bridgehead atoms. The molecule has 0 fully saturated rings. The number of hydrogen-bond donors (Lipinski definition) is 1. The van der Waals surface area contributed by atoms with Crippen LogP contribution in [-0.2, 0) is 17.6 Å². The predicted molar refractivity (Wildman–Crippen MR) is 103 cm³/mol. The average molecular weight is 361 g/mol. The molecule has 0 saturated heterocycles. The summed E-state index contributed by atoms with van der Waals surface area (Å²) in [6, 6.07) is 10.4. The molecule has 25 heavy (non-hydrogen) atoms. The van der Waals surface area contributed by atoms with E-state index < -0.39 is 5.60 Å². The third-order valence-corrected chi connectivity index (χ3v) is 4.59. The van der Waals surface area contributed by atoms with Crippen LogP contribution in [0.2, 0.25) is 0 Å². The zero-order valence-electron chi connectivity index (χ0n) is 15.3. The molecule has 0 aliphatic rings. The van der Waals surface area contributed by atoms with E-state index >= 15 is 0 Å². The van der Waals surface area contributed by atoms with Gasteiger partial charge in [-0.25, -0.2) is 4.79 Å². The minimum atomic E-state index is -0.479. The Hall–Kier alpha value is -1.88. The molecule has 2 aromatic rings. The van der Waals surface area contributed by atoms with Crippen LogP contribution in [0.25, 0.3) is 0 Å². The first-order valence-corrected chi connectivity index (χ1v) is 9.71. The number of hydrogen-bond acceptors (Lipinski definition) is 4. The maximum absolute atomic E-state index is 12.1. The summed E-state index contributed by atoms with van der Waals surface area (Å²) in [6.45, 7) is 5.65. The Morgan fingerprint density at radius 1 is 1.24 bits per heavy atom. The Labute approximate surface area is 154 Å². The minimum Gasteiger partial charge on any atom is -0.444 e. The van der Waals surface area contributed by atoms with Gasteiger partial charge in [0.2, 0.25) is 0 Å². The molecule has 1 aromatic carbocycles. The van der Waals surface area contributed by atoms with Gasteiger partial charge in [0.15, 0.2) is 0 Å². The van der Waals surface area contributed by atoms with Crippen molar-refractivity contribution in [3.8, 4) is 0 Å². The molecule has 0 aliphatic heterocycles. The number of aryl methyl sites for hydroxylation is 1. The molecule has 5 heteroatoms. The summed E-state index contributed by atoms with van der Waals surface area (Å²) >= 11 is 1.70. The fraction of sp³-hybridized carbons (Fsp3) is 0.500. The molecule has 0 spiro atoms. The van der Waals surface area contributed by atoms with E-state index in [0.717, 1.165) is 32.1 Å². The van der Waals surface area contributed by atoms with Crippen molar-refractivity contribution in [2.24, 2.45) is 0 Å². The number of nitrogens with one attached hydrogen (secondary N) is 1. The first kappa shape index (κ1) is 19.4. The summed E-state index contributed by atoms with van der Waals surface area (Å²) in [5, 5.41) is 3.04. The van der Waals surface area contributed by atoms with Gasteiger partial charge in [0.25, 0.3) is 0 Å². The summed E-state index contributed by atoms with van der Waals surface area (Å²) in [4.78, 5) is 17.6. The SMILES string of the molecule is CC(C)(C)OC(=O)NC(CCCCc1cncs1)Cc1ccccc1. The van der Waals surface area contributed by atoms with Gasteiger partial charge in [-0.1, -0.05) is 36.8 Å². The number of amides is 1. The Bertz CT molecular complexity index is 621. The first-order valence-electron chi connectivity index (χ1n) is 8.83. The van der Waals surface area contributed by atoms with E-state index in [9.17, 15) is 4.79 Å². The molecule has 136 valence electrons. The molecule has 2 rings (SSSR count). The third kappa shape index (κ3) is 8.16. The number of thiazole rings is 1. The van der Waals surface area contributed by atoms with Gasteiger partial charge in [0.05, 0.1) is 5.51 Å². The summed E-state index contributed by atoms with van der Waals surface area (Å²) in [7, 11) is 0. The molecular formula is C20H28N2O2S. The predicted octanol–water partition coefficient (Wildman–Crippen LogP) is 4.99. The molecule has 1 amide bonds. The number of aromatic nitrogens is 1. The molecule has 1 heterocycles. The van der Waals surface area contributed by atoms with E-state index in [2.05, 4.69) is 22.4 Å². The van der Waals surface area contributed by atoms with Crippen LogP contribution in [0.5, 0.6) is 0 Å². The van der Waals surface area contributed by atoms with Crippen LogP contribution in [0.3, 0.4) is 0 Å². The van der Waals surface area contributed by atoms with Crippen LogP contribution in [-0.4, -0.2) is 22.7 Å². The zero-order chi connectivity index (χ0) is 18.1. The summed E-state index contributed by atoms with van der Waals surface area (Å²) in [5.74, 6) is 0. The standard InChI is InChI=1S/C20H28N2O2S/c1-20(2,3)24-19(23)22-17(13-16-9-5-4-6-10-16)11-7-8-12-18-14-21-15-25-18/h4-6,9-10,14-15,17H,7-8,11-13H2,1-3H3,(H,22,23). The average Bonchev–Trinajstić information content (AvgIpc) is 3.04. The van der Waals surface area contributed by atoms with Crippen LogP contribution in [0.15, 0.2) is 42.0 Å². The van der Waals surface area contributed by atoms with Crippen LogP contribution < -0.4 is 5.32 Å². The van der Waals surface area contributed by atoms with Crippen LogP contribution >= 0.6 is 11.3 Å². The van der Waals surface area contributed by atoms with Gasteiger partial charge in [0.1, 0.15) is 5.60 Å². The number of unbranched alkanes of at least 4 members (excludes halogenated alkanes) is 1. The van der Waals surface area contributed by atoms with Gasteiger partial charge in [0, 0.05) is 17.1 Å². The van der Waals surface area contributed by atoms with Crippen molar-refractivity contribution in [2.75, 3.05) is 0 Å². The molecular weight excluding hydrogens is 332 g/mol. The number of alkyl carbamates (subject to hydrolysis) is 1. The van der Waals surface area contributed by atoms with E-state index in [1.807, 2.05) is 50.7 Å². The Morgan fingerprint density at radius 2 is 2.00 bits per heavy atom. The highest BCUT2D eigenvalue weighted by Crippen LogP contribution is 2.14. The number of carbonyl (C=O) groups is 1. The topological polar surface area (TPSA) is 51.2 Å². The Kier molecular flexibility index (Phi) is 7.44. The lowest BCUT2D eigenvalue weighted by Gasteiger charge is -2.24. The van der Waals surface area contributed by atoms with Gasteiger partial charge < -0.3 is 10.1 Å². The van der Waals surface area contributed by atoms with Crippen molar-refractivity contribution in [1.82, 2.24) is 10.3 Å². The second-order valence-corrected chi connectivity index (χ2v) is 8.22. The Balaban J connectivity index is 1.85. The smallest absolute Gasteiger partial charge is 0.407 e. The number of ether oxygens (including phenoxy) is 1. The number of rotatable bonds is 8. The van der Waals surface area contributed by atoms with Crippen molar-refractivity contribution >= 4 is 17.4 Å². The monoisotopic (exact) mass is 360 g/mol. The van der Waals surface area contributed by atoms with E-state index in [-0.39, 0.29) is 12.1 Å². The number of nitrogens with zero attached hydrogens (tertiary/aromatic N) is 1. The second-order valence-electron chi connectivity index (χ2n) is 7.25. The van der Waals surface area contributed by atoms with E-state index in [0.29, 0.717) is 0 Å². The lowest BCUT2D eigenvalue weighted by Crippen LogP contribution is -2.40. The maximum atomic E-state index is 12.1. The lowest BCUT2D eigenvalue weighted by molar-refractivity contribution is 0.0501. The van der Waals surface area contributed by atoms with Crippen LogP contribution in [0.1, 0.15) is 50.5 Å². The zero-order valence-corrected chi connectivity index (χ0v) is 16.1. The van der Waals surface area contributed by atoms with E-state index in [1.165, 1.54) is 10.4 Å². The Morgan fingerprint density at radius 3 is 2.64 bits per heavy atom. The van der Waals surface area contributed by atoms with Crippen molar-refractivity contribution in [3.05, 3.63) is 52.5 Å². The second kappa shape index (κ2) is 9.56. The van der Waals surface area contributed by atoms with Crippen LogP contribution in [0, 0.1) is 0 Å². The maximum Gasteiger partial charge on any atom is 0.407 e. The molecule has 0 radical (unpaired) electrons. The van der Waals surface area contributed by atoms with E-state index in [4.69, 9.17) is 4.74 Å². The number of carbonyl (C=O) groups excluding carboxylic acids is 1. The van der Waals surface area contributed by atoms with Gasteiger partial charge in [-0.3, -0.25) is 4.98 Å². The normalized spacial score (nSPS) is 12.6. The highest BCUT2D eigenvalue weighted by molar-refractivity contribution is 7.09. The molecule has 4 nitrogen and oxygen atoms in total. The van der Waals surface area contributed by atoms with Crippen molar-refractivity contribution in [1.29, 1.82) is 0 Å². The van der Waals surface area contributed by atoms with Crippen molar-refractivity contribution in [2.45, 2.75) is 64.5 Å². The molecule has 1 atom stereocenters. The molecule has 0 saturated carbocycles. The van der Waals surface area contributed by atoms with Gasteiger partial charge in [-0.2, -0.15) is 0 Å². The molecule has 1 N–H and O–H groups in total. The lowest BCUT2D eigenvalue weighted by atomic mass is 10.0. The minimum absolute atomic E-state index is 0.0821. The summed E-state index contributed by atoms with van der Waals surface area (Å²) in [5.41, 5.74) is 2.62. The molecule has 0 aliphatic carbocycles. The van der Waals surface area contributed by atoms with Gasteiger partial charge >= 0.3 is 6.09 Å². The highest BCUT2D eigenvalue weighted by atomic mass is 32.1. The molecule has 1 unspecified atom stereocenters. The van der Waals surface area contributed by atoms with Gasteiger partial charge in [-0.15, -0.1) is 11.3 Å². The largest absolute Gasteiger partial charge is 0.444 e.